The number of ether oxygens (including phenoxy) is 2. The summed E-state index contributed by atoms with van der Waals surface area (Å²) >= 11 is 0. The average Bonchev–Trinajstić information content (AvgIpc) is 3.14. The van der Waals surface area contributed by atoms with Gasteiger partial charge in [0.2, 0.25) is 5.82 Å². The lowest BCUT2D eigenvalue weighted by Crippen LogP contribution is -2.29. The third-order valence-corrected chi connectivity index (χ3v) is 4.80. The Morgan fingerprint density at radius 1 is 1.33 bits per heavy atom. The van der Waals surface area contributed by atoms with Crippen molar-refractivity contribution in [3.8, 4) is 11.6 Å². The van der Waals surface area contributed by atoms with Gasteiger partial charge in [-0.05, 0) is 38.5 Å². The molecule has 1 aliphatic rings. The molecule has 0 spiro atoms. The number of hydrogen-bond donors (Lipinski definition) is 2. The number of nitrogens with zero attached hydrogens (tertiary/aromatic N) is 3. The third-order valence-electron chi connectivity index (χ3n) is 4.80. The van der Waals surface area contributed by atoms with Gasteiger partial charge < -0.3 is 24.6 Å². The first kappa shape index (κ1) is 21.8. The molecule has 30 heavy (non-hydrogen) atoms. The molecule has 8 nitrogen and oxygen atoms in total. The van der Waals surface area contributed by atoms with Crippen LogP contribution in [0.15, 0.2) is 30.6 Å². The van der Waals surface area contributed by atoms with Crippen LogP contribution in [0, 0.1) is 5.82 Å². The molecule has 162 valence electrons. The summed E-state index contributed by atoms with van der Waals surface area (Å²) in [7, 11) is 0. The van der Waals surface area contributed by atoms with Crippen LogP contribution in [0.3, 0.4) is 0 Å². The van der Waals surface area contributed by atoms with E-state index >= 15 is 0 Å². The van der Waals surface area contributed by atoms with Crippen LogP contribution in [0.5, 0.6) is 11.6 Å². The molecule has 2 atom stereocenters. The molecular weight excluding hydrogens is 393 g/mol. The minimum Gasteiger partial charge on any atom is -0.489 e. The third kappa shape index (κ3) is 5.35. The van der Waals surface area contributed by atoms with Crippen LogP contribution in [0.25, 0.3) is 0 Å². The van der Waals surface area contributed by atoms with Crippen LogP contribution in [-0.2, 0) is 4.79 Å². The number of carbonyl (C=O) groups is 1. The van der Waals surface area contributed by atoms with E-state index in [1.807, 2.05) is 0 Å². The Morgan fingerprint density at radius 3 is 2.67 bits per heavy atom. The maximum Gasteiger partial charge on any atom is 0.310 e. The minimum absolute atomic E-state index is 0.0946. The molecule has 2 aromatic rings. The quantitative estimate of drug-likeness (QED) is 0.673. The first-order valence-corrected chi connectivity index (χ1v) is 9.74. The van der Waals surface area contributed by atoms with Gasteiger partial charge in [0.15, 0.2) is 5.82 Å². The van der Waals surface area contributed by atoms with E-state index in [4.69, 9.17) is 14.6 Å². The van der Waals surface area contributed by atoms with Gasteiger partial charge in [-0.2, -0.15) is 9.37 Å². The molecule has 0 bridgehead atoms. The molecule has 1 aromatic heterocycles. The van der Waals surface area contributed by atoms with Gasteiger partial charge in [0, 0.05) is 13.0 Å². The van der Waals surface area contributed by atoms with Crippen molar-refractivity contribution >= 4 is 11.8 Å². The van der Waals surface area contributed by atoms with E-state index in [1.165, 1.54) is 6.33 Å². The number of halogens is 1. The number of benzene rings is 1. The zero-order valence-corrected chi connectivity index (χ0v) is 17.2. The van der Waals surface area contributed by atoms with Crippen molar-refractivity contribution in [2.24, 2.45) is 0 Å². The van der Waals surface area contributed by atoms with Crippen molar-refractivity contribution in [3.05, 3.63) is 42.0 Å². The lowest BCUT2D eigenvalue weighted by Gasteiger charge is -2.21. The SMILES string of the molecule is CC(C(=O)O)c1ccc(O[C@@H]2CCN(c3ncnc(OCC(C)(C)O)c3F)C2)cc1. The van der Waals surface area contributed by atoms with Crippen molar-refractivity contribution in [1.29, 1.82) is 0 Å². The van der Waals surface area contributed by atoms with Crippen LogP contribution < -0.4 is 14.4 Å². The van der Waals surface area contributed by atoms with Crippen molar-refractivity contribution in [3.63, 3.8) is 0 Å². The average molecular weight is 419 g/mol. The molecule has 0 radical (unpaired) electrons. The molecule has 2 N–H and O–H groups in total. The van der Waals surface area contributed by atoms with Gasteiger partial charge in [0.05, 0.1) is 18.1 Å². The van der Waals surface area contributed by atoms with Gasteiger partial charge in [-0.15, -0.1) is 0 Å². The number of carboxylic acids is 1. The highest BCUT2D eigenvalue weighted by atomic mass is 19.1. The zero-order valence-electron chi connectivity index (χ0n) is 17.2. The molecule has 1 saturated heterocycles. The number of carboxylic acid groups (broad SMARTS) is 1. The van der Waals surface area contributed by atoms with E-state index in [-0.39, 0.29) is 24.4 Å². The van der Waals surface area contributed by atoms with Crippen LogP contribution in [0.4, 0.5) is 10.2 Å². The summed E-state index contributed by atoms with van der Waals surface area (Å²) in [6, 6.07) is 6.95. The van der Waals surface area contributed by atoms with Crippen molar-refractivity contribution in [1.82, 2.24) is 9.97 Å². The van der Waals surface area contributed by atoms with Gasteiger partial charge in [0.1, 0.15) is 24.8 Å². The largest absolute Gasteiger partial charge is 0.489 e. The maximum absolute atomic E-state index is 14.8. The number of aliphatic hydroxyl groups is 1. The Bertz CT molecular complexity index is 885. The summed E-state index contributed by atoms with van der Waals surface area (Å²) in [5.74, 6) is -1.58. The molecule has 2 heterocycles. The monoisotopic (exact) mass is 419 g/mol. The second kappa shape index (κ2) is 8.83. The fourth-order valence-corrected chi connectivity index (χ4v) is 3.10. The molecule has 1 fully saturated rings. The Balaban J connectivity index is 1.62. The van der Waals surface area contributed by atoms with Crippen molar-refractivity contribution < 1.29 is 28.9 Å². The highest BCUT2D eigenvalue weighted by Crippen LogP contribution is 2.28. The van der Waals surface area contributed by atoms with Gasteiger partial charge >= 0.3 is 5.97 Å². The predicted octanol–water partition coefficient (Wildman–Crippen LogP) is 2.61. The van der Waals surface area contributed by atoms with E-state index in [1.54, 1.807) is 49.9 Å². The fraction of sp³-hybridized carbons (Fsp3) is 0.476. The van der Waals surface area contributed by atoms with Crippen LogP contribution in [-0.4, -0.2) is 57.6 Å². The minimum atomic E-state index is -1.11. The van der Waals surface area contributed by atoms with E-state index in [9.17, 15) is 14.3 Å². The summed E-state index contributed by atoms with van der Waals surface area (Å²) in [6.45, 7) is 5.64. The summed E-state index contributed by atoms with van der Waals surface area (Å²) in [6.07, 6.45) is 1.74. The molecule has 9 heteroatoms. The van der Waals surface area contributed by atoms with Crippen LogP contribution in [0.2, 0.25) is 0 Å². The molecular formula is C21H26FN3O5. The summed E-state index contributed by atoms with van der Waals surface area (Å²) < 4.78 is 26.0. The van der Waals surface area contributed by atoms with Gasteiger partial charge in [-0.3, -0.25) is 4.79 Å². The first-order valence-electron chi connectivity index (χ1n) is 9.74. The lowest BCUT2D eigenvalue weighted by atomic mass is 10.0. The van der Waals surface area contributed by atoms with E-state index in [0.717, 1.165) is 0 Å². The molecule has 1 aliphatic heterocycles. The van der Waals surface area contributed by atoms with E-state index < -0.39 is 23.3 Å². The Morgan fingerprint density at radius 2 is 2.03 bits per heavy atom. The molecule has 0 saturated carbocycles. The highest BCUT2D eigenvalue weighted by Gasteiger charge is 2.29. The summed E-state index contributed by atoms with van der Waals surface area (Å²) in [4.78, 5) is 20.7. The molecule has 0 amide bonds. The number of anilines is 1. The molecule has 1 aromatic carbocycles. The summed E-state index contributed by atoms with van der Waals surface area (Å²) in [5, 5.41) is 18.8. The van der Waals surface area contributed by atoms with Gasteiger partial charge in [0.25, 0.3) is 5.88 Å². The second-order valence-electron chi connectivity index (χ2n) is 8.02. The second-order valence-corrected chi connectivity index (χ2v) is 8.02. The van der Waals surface area contributed by atoms with E-state index in [0.29, 0.717) is 30.8 Å². The molecule has 0 aliphatic carbocycles. The topological polar surface area (TPSA) is 105 Å². The van der Waals surface area contributed by atoms with Crippen LogP contribution >= 0.6 is 0 Å². The zero-order chi connectivity index (χ0) is 21.9. The van der Waals surface area contributed by atoms with Crippen LogP contribution in [0.1, 0.15) is 38.7 Å². The maximum atomic E-state index is 14.8. The molecule has 1 unspecified atom stereocenters. The number of rotatable bonds is 8. The predicted molar refractivity (Wildman–Crippen MR) is 108 cm³/mol. The standard InChI is InChI=1S/C21H26FN3O5/c1-13(20(26)27)14-4-6-15(7-5-14)30-16-8-9-25(10-16)18-17(22)19(24-12-23-18)29-11-21(2,3)28/h4-7,12-13,16,28H,8-11H2,1-3H3,(H,26,27)/t13?,16-/m1/s1. The number of aliphatic carboxylic acids is 1. The normalized spacial score (nSPS) is 17.6. The fourth-order valence-electron chi connectivity index (χ4n) is 3.10. The lowest BCUT2D eigenvalue weighted by molar-refractivity contribution is -0.138. The Kier molecular flexibility index (Phi) is 6.40. The van der Waals surface area contributed by atoms with Gasteiger partial charge in [-0.25, -0.2) is 4.98 Å². The van der Waals surface area contributed by atoms with Crippen molar-refractivity contribution in [2.45, 2.75) is 44.8 Å². The Labute approximate surface area is 174 Å². The molecule has 3 rings (SSSR count). The van der Waals surface area contributed by atoms with Crippen molar-refractivity contribution in [2.75, 3.05) is 24.6 Å². The number of aromatic nitrogens is 2. The summed E-state index contributed by atoms with van der Waals surface area (Å²) in [5.41, 5.74) is -0.411. The van der Waals surface area contributed by atoms with E-state index in [2.05, 4.69) is 9.97 Å². The smallest absolute Gasteiger partial charge is 0.310 e. The Hall–Kier alpha value is -2.94. The first-order chi connectivity index (χ1) is 14.1. The number of hydrogen-bond acceptors (Lipinski definition) is 7. The van der Waals surface area contributed by atoms with Gasteiger partial charge in [-0.1, -0.05) is 12.1 Å². The highest BCUT2D eigenvalue weighted by molar-refractivity contribution is 5.75.